The molecule has 0 aliphatic carbocycles. The van der Waals surface area contributed by atoms with E-state index in [1.54, 1.807) is 6.92 Å². The molecule has 28 heavy (non-hydrogen) atoms. The van der Waals surface area contributed by atoms with Crippen molar-refractivity contribution < 1.29 is 4.52 Å². The Morgan fingerprint density at radius 3 is 2.96 bits per heavy atom. The minimum atomic E-state index is 0.336. The van der Waals surface area contributed by atoms with Gasteiger partial charge in [0.2, 0.25) is 5.89 Å². The summed E-state index contributed by atoms with van der Waals surface area (Å²) < 4.78 is 5.01. The Balaban J connectivity index is 1.68. The van der Waals surface area contributed by atoms with Crippen LogP contribution in [0.2, 0.25) is 5.02 Å². The van der Waals surface area contributed by atoms with Crippen molar-refractivity contribution in [2.75, 3.05) is 26.7 Å². The molecule has 1 fully saturated rings. The molecule has 2 heterocycles. The van der Waals surface area contributed by atoms with E-state index in [4.69, 9.17) is 16.1 Å². The maximum absolute atomic E-state index is 6.25. The number of nitrogens with zero attached hydrogens (tertiary/aromatic N) is 4. The van der Waals surface area contributed by atoms with Gasteiger partial charge in [0.15, 0.2) is 11.8 Å². The molecule has 1 aliphatic heterocycles. The zero-order valence-electron chi connectivity index (χ0n) is 16.8. The number of nitrogens with one attached hydrogen (secondary N) is 2. The highest BCUT2D eigenvalue weighted by Gasteiger charge is 2.30. The van der Waals surface area contributed by atoms with Crippen LogP contribution in [0, 0.1) is 12.8 Å². The molecule has 8 heteroatoms. The first-order valence-electron chi connectivity index (χ1n) is 9.84. The maximum atomic E-state index is 6.25. The Kier molecular flexibility index (Phi) is 7.28. The normalized spacial score (nSPS) is 20.9. The average molecular weight is 405 g/mol. The molecule has 1 aromatic heterocycles. The molecule has 0 radical (unpaired) electrons. The van der Waals surface area contributed by atoms with Gasteiger partial charge in [0.05, 0.1) is 0 Å². The molecule has 1 aliphatic rings. The number of benzene rings is 1. The van der Waals surface area contributed by atoms with E-state index in [-0.39, 0.29) is 0 Å². The summed E-state index contributed by atoms with van der Waals surface area (Å²) in [6.45, 7) is 6.93. The minimum absolute atomic E-state index is 0.336. The molecule has 0 bridgehead atoms. The second kappa shape index (κ2) is 9.89. The lowest BCUT2D eigenvalue weighted by Crippen LogP contribution is -2.45. The number of halogens is 1. The van der Waals surface area contributed by atoms with Gasteiger partial charge in [-0.2, -0.15) is 4.98 Å². The Labute approximate surface area is 171 Å². The van der Waals surface area contributed by atoms with Crippen molar-refractivity contribution in [2.45, 2.75) is 39.3 Å². The van der Waals surface area contributed by atoms with Crippen LogP contribution in [-0.2, 0) is 6.54 Å². The lowest BCUT2D eigenvalue weighted by molar-refractivity contribution is 0.122. The van der Waals surface area contributed by atoms with Gasteiger partial charge in [0, 0.05) is 31.1 Å². The first-order valence-corrected chi connectivity index (χ1v) is 10.2. The summed E-state index contributed by atoms with van der Waals surface area (Å²) >= 11 is 6.25. The van der Waals surface area contributed by atoms with Crippen LogP contribution < -0.4 is 10.6 Å². The second-order valence-electron chi connectivity index (χ2n) is 7.19. The molecular formula is C20H29ClN6O. The summed E-state index contributed by atoms with van der Waals surface area (Å²) in [4.78, 5) is 11.2. The van der Waals surface area contributed by atoms with Crippen LogP contribution in [0.15, 0.2) is 33.8 Å². The molecular weight excluding hydrogens is 376 g/mol. The number of piperidine rings is 1. The van der Waals surface area contributed by atoms with Gasteiger partial charge in [0.1, 0.15) is 6.54 Å². The van der Waals surface area contributed by atoms with Crippen LogP contribution in [0.25, 0.3) is 0 Å². The first-order chi connectivity index (χ1) is 13.6. The fraction of sp³-hybridized carbons (Fsp3) is 0.550. The largest absolute Gasteiger partial charge is 0.357 e. The fourth-order valence-corrected chi connectivity index (χ4v) is 4.01. The van der Waals surface area contributed by atoms with Crippen LogP contribution >= 0.6 is 11.6 Å². The molecule has 2 unspecified atom stereocenters. The smallest absolute Gasteiger partial charge is 0.223 e. The first kappa shape index (κ1) is 20.6. The third kappa shape index (κ3) is 5.45. The third-order valence-electron chi connectivity index (χ3n) is 5.02. The van der Waals surface area contributed by atoms with Gasteiger partial charge in [-0.15, -0.1) is 0 Å². The van der Waals surface area contributed by atoms with Crippen LogP contribution in [0.3, 0.4) is 0 Å². The van der Waals surface area contributed by atoms with Crippen molar-refractivity contribution in [3.63, 3.8) is 0 Å². The summed E-state index contributed by atoms with van der Waals surface area (Å²) in [6.07, 6.45) is 2.35. The SMILES string of the molecule is CCNC(=NCc1noc(C)n1)NCC1CCCN(C)C1c1cccc(Cl)c1. The van der Waals surface area contributed by atoms with E-state index >= 15 is 0 Å². The number of likely N-dealkylation sites (tertiary alicyclic amines) is 1. The van der Waals surface area contributed by atoms with E-state index in [1.165, 1.54) is 12.0 Å². The highest BCUT2D eigenvalue weighted by atomic mass is 35.5. The highest BCUT2D eigenvalue weighted by molar-refractivity contribution is 6.30. The molecule has 2 atom stereocenters. The third-order valence-corrected chi connectivity index (χ3v) is 5.26. The van der Waals surface area contributed by atoms with Crippen LogP contribution in [-0.4, -0.2) is 47.7 Å². The Morgan fingerprint density at radius 2 is 2.25 bits per heavy atom. The van der Waals surface area contributed by atoms with Crippen LogP contribution in [0.4, 0.5) is 0 Å². The summed E-state index contributed by atoms with van der Waals surface area (Å²) in [5.74, 6) is 2.37. The molecule has 7 nitrogen and oxygen atoms in total. The summed E-state index contributed by atoms with van der Waals surface area (Å²) in [6, 6.07) is 8.55. The fourth-order valence-electron chi connectivity index (χ4n) is 3.82. The molecule has 0 spiro atoms. The predicted octanol–water partition coefficient (Wildman–Crippen LogP) is 3.17. The lowest BCUT2D eigenvalue weighted by atomic mass is 9.85. The number of aryl methyl sites for hydroxylation is 1. The molecule has 152 valence electrons. The van der Waals surface area contributed by atoms with Gasteiger partial charge in [-0.05, 0) is 57.0 Å². The molecule has 0 saturated carbocycles. The standard InChI is InChI=1S/C20H29ClN6O/c1-4-22-20(24-13-18-25-14(2)28-26-18)23-12-16-8-6-10-27(3)19(16)15-7-5-9-17(21)11-15/h5,7,9,11,16,19H,4,6,8,10,12-13H2,1-3H3,(H2,22,23,24). The monoisotopic (exact) mass is 404 g/mol. The zero-order valence-corrected chi connectivity index (χ0v) is 17.5. The molecule has 1 aromatic carbocycles. The lowest BCUT2D eigenvalue weighted by Gasteiger charge is -2.40. The number of aromatic nitrogens is 2. The van der Waals surface area contributed by atoms with Gasteiger partial charge >= 0.3 is 0 Å². The quantitative estimate of drug-likeness (QED) is 0.568. The van der Waals surface area contributed by atoms with E-state index in [0.717, 1.165) is 37.0 Å². The van der Waals surface area contributed by atoms with Gasteiger partial charge in [0.25, 0.3) is 0 Å². The van der Waals surface area contributed by atoms with Crippen molar-refractivity contribution in [2.24, 2.45) is 10.9 Å². The number of hydrogen-bond donors (Lipinski definition) is 2. The number of hydrogen-bond acceptors (Lipinski definition) is 5. The number of guanidine groups is 1. The van der Waals surface area contributed by atoms with Gasteiger partial charge in [-0.25, -0.2) is 4.99 Å². The van der Waals surface area contributed by atoms with Crippen molar-refractivity contribution >= 4 is 17.6 Å². The highest BCUT2D eigenvalue weighted by Crippen LogP contribution is 2.35. The Morgan fingerprint density at radius 1 is 1.39 bits per heavy atom. The van der Waals surface area contributed by atoms with E-state index in [0.29, 0.717) is 30.2 Å². The molecule has 2 aromatic rings. The molecule has 1 saturated heterocycles. The van der Waals surface area contributed by atoms with E-state index in [9.17, 15) is 0 Å². The summed E-state index contributed by atoms with van der Waals surface area (Å²) in [7, 11) is 2.19. The topological polar surface area (TPSA) is 78.6 Å². The van der Waals surface area contributed by atoms with Gasteiger partial charge in [-0.3, -0.25) is 4.90 Å². The van der Waals surface area contributed by atoms with Crippen molar-refractivity contribution in [1.29, 1.82) is 0 Å². The van der Waals surface area contributed by atoms with Crippen LogP contribution in [0.5, 0.6) is 0 Å². The Bertz CT molecular complexity index is 793. The van der Waals surface area contributed by atoms with E-state index in [2.05, 4.69) is 56.8 Å². The molecule has 2 N–H and O–H groups in total. The van der Waals surface area contributed by atoms with E-state index < -0.39 is 0 Å². The minimum Gasteiger partial charge on any atom is -0.357 e. The number of rotatable bonds is 6. The molecule has 0 amide bonds. The number of aliphatic imine (C=N–C) groups is 1. The van der Waals surface area contributed by atoms with E-state index in [1.807, 2.05) is 12.1 Å². The maximum Gasteiger partial charge on any atom is 0.223 e. The summed E-state index contributed by atoms with van der Waals surface area (Å²) in [5, 5.41) is 11.5. The van der Waals surface area contributed by atoms with Gasteiger partial charge in [-0.1, -0.05) is 28.9 Å². The van der Waals surface area contributed by atoms with Crippen molar-refractivity contribution in [1.82, 2.24) is 25.7 Å². The summed E-state index contributed by atoms with van der Waals surface area (Å²) in [5.41, 5.74) is 1.27. The average Bonchev–Trinajstić information content (AvgIpc) is 3.09. The van der Waals surface area contributed by atoms with Crippen molar-refractivity contribution in [3.05, 3.63) is 46.6 Å². The van der Waals surface area contributed by atoms with Crippen molar-refractivity contribution in [3.8, 4) is 0 Å². The molecule has 3 rings (SSSR count). The van der Waals surface area contributed by atoms with Gasteiger partial charge < -0.3 is 15.2 Å². The zero-order chi connectivity index (χ0) is 19.9. The predicted molar refractivity (Wildman–Crippen MR) is 111 cm³/mol. The Hall–Kier alpha value is -2.12. The van der Waals surface area contributed by atoms with Crippen LogP contribution in [0.1, 0.15) is 43.1 Å². The second-order valence-corrected chi connectivity index (χ2v) is 7.62.